The number of unbranched alkanes of at least 4 members (excludes halogenated alkanes) is 3. The summed E-state index contributed by atoms with van der Waals surface area (Å²) >= 11 is 0. The zero-order valence-electron chi connectivity index (χ0n) is 11.8. The van der Waals surface area contributed by atoms with Crippen LogP contribution in [0.4, 0.5) is 0 Å². The SMILES string of the molecule is CCCCCCC(CC1CO1)N(CC)CC.Cl. The third-order valence-corrected chi connectivity index (χ3v) is 3.66. The van der Waals surface area contributed by atoms with Gasteiger partial charge in [0.1, 0.15) is 0 Å². The van der Waals surface area contributed by atoms with Crippen LogP contribution in [0.2, 0.25) is 0 Å². The molecule has 2 unspecified atom stereocenters. The minimum Gasteiger partial charge on any atom is -0.373 e. The van der Waals surface area contributed by atoms with Crippen LogP contribution in [0, 0.1) is 0 Å². The predicted octanol–water partition coefficient (Wildman–Crippen LogP) is 3.88. The molecule has 3 heteroatoms. The molecule has 17 heavy (non-hydrogen) atoms. The van der Waals surface area contributed by atoms with Crippen molar-refractivity contribution in [3.05, 3.63) is 0 Å². The molecule has 104 valence electrons. The quantitative estimate of drug-likeness (QED) is 0.439. The van der Waals surface area contributed by atoms with Gasteiger partial charge in [0, 0.05) is 6.04 Å². The molecule has 0 aromatic carbocycles. The smallest absolute Gasteiger partial charge is 0.0824 e. The van der Waals surface area contributed by atoms with E-state index < -0.39 is 0 Å². The summed E-state index contributed by atoms with van der Waals surface area (Å²) < 4.78 is 5.38. The van der Waals surface area contributed by atoms with Crippen LogP contribution in [0.5, 0.6) is 0 Å². The van der Waals surface area contributed by atoms with Gasteiger partial charge < -0.3 is 9.64 Å². The van der Waals surface area contributed by atoms with E-state index in [0.717, 1.165) is 12.6 Å². The van der Waals surface area contributed by atoms with Gasteiger partial charge in [-0.15, -0.1) is 12.4 Å². The number of ether oxygens (including phenoxy) is 1. The minimum atomic E-state index is 0. The van der Waals surface area contributed by atoms with Crippen LogP contribution >= 0.6 is 12.4 Å². The first-order valence-corrected chi connectivity index (χ1v) is 7.17. The molecule has 1 aliphatic rings. The van der Waals surface area contributed by atoms with E-state index in [-0.39, 0.29) is 12.4 Å². The molecule has 1 rings (SSSR count). The van der Waals surface area contributed by atoms with Crippen molar-refractivity contribution in [3.8, 4) is 0 Å². The molecule has 0 spiro atoms. The highest BCUT2D eigenvalue weighted by atomic mass is 35.5. The molecule has 2 nitrogen and oxygen atoms in total. The summed E-state index contributed by atoms with van der Waals surface area (Å²) in [5.41, 5.74) is 0. The zero-order chi connectivity index (χ0) is 11.8. The van der Waals surface area contributed by atoms with Crippen molar-refractivity contribution in [3.63, 3.8) is 0 Å². The van der Waals surface area contributed by atoms with E-state index >= 15 is 0 Å². The molecule has 1 aliphatic heterocycles. The van der Waals surface area contributed by atoms with Crippen molar-refractivity contribution < 1.29 is 4.74 Å². The van der Waals surface area contributed by atoms with Gasteiger partial charge in [0.25, 0.3) is 0 Å². The number of hydrogen-bond acceptors (Lipinski definition) is 2. The molecule has 0 bridgehead atoms. The number of nitrogens with zero attached hydrogens (tertiary/aromatic N) is 1. The minimum absolute atomic E-state index is 0. The molecule has 0 aromatic heterocycles. The van der Waals surface area contributed by atoms with Gasteiger partial charge in [-0.2, -0.15) is 0 Å². The molecule has 1 fully saturated rings. The van der Waals surface area contributed by atoms with E-state index in [4.69, 9.17) is 4.74 Å². The van der Waals surface area contributed by atoms with Crippen molar-refractivity contribution in [2.75, 3.05) is 19.7 Å². The summed E-state index contributed by atoms with van der Waals surface area (Å²) in [6.07, 6.45) is 8.72. The molecular formula is C14H30ClNO. The maximum absolute atomic E-state index is 5.38. The van der Waals surface area contributed by atoms with Gasteiger partial charge in [0.05, 0.1) is 12.7 Å². The highest BCUT2D eigenvalue weighted by molar-refractivity contribution is 5.85. The summed E-state index contributed by atoms with van der Waals surface area (Å²) in [6.45, 7) is 10.2. The Balaban J connectivity index is 0.00000256. The third-order valence-electron chi connectivity index (χ3n) is 3.66. The summed E-state index contributed by atoms with van der Waals surface area (Å²) in [7, 11) is 0. The van der Waals surface area contributed by atoms with Gasteiger partial charge in [0.2, 0.25) is 0 Å². The molecule has 0 N–H and O–H groups in total. The second kappa shape index (κ2) is 10.2. The summed E-state index contributed by atoms with van der Waals surface area (Å²) in [6, 6.07) is 0.763. The average molecular weight is 264 g/mol. The fourth-order valence-electron chi connectivity index (χ4n) is 2.50. The standard InChI is InChI=1S/C14H29NO.ClH/c1-4-7-8-9-10-13(11-14-12-16-14)15(5-2)6-3;/h13-14H,4-12H2,1-3H3;1H. The van der Waals surface area contributed by atoms with Crippen LogP contribution in [-0.4, -0.2) is 36.7 Å². The zero-order valence-corrected chi connectivity index (χ0v) is 12.6. The molecule has 1 saturated heterocycles. The predicted molar refractivity (Wildman–Crippen MR) is 77.1 cm³/mol. The second-order valence-corrected chi connectivity index (χ2v) is 4.92. The Bertz CT molecular complexity index is 170. The lowest BCUT2D eigenvalue weighted by Gasteiger charge is -2.29. The van der Waals surface area contributed by atoms with E-state index in [2.05, 4.69) is 25.7 Å². The van der Waals surface area contributed by atoms with Gasteiger partial charge in [-0.05, 0) is 25.9 Å². The maximum atomic E-state index is 5.38. The van der Waals surface area contributed by atoms with Gasteiger partial charge in [0.15, 0.2) is 0 Å². The molecule has 2 atom stereocenters. The molecule has 0 aliphatic carbocycles. The fourth-order valence-corrected chi connectivity index (χ4v) is 2.50. The van der Waals surface area contributed by atoms with E-state index in [9.17, 15) is 0 Å². The van der Waals surface area contributed by atoms with Gasteiger partial charge in [-0.3, -0.25) is 0 Å². The van der Waals surface area contributed by atoms with Crippen molar-refractivity contribution >= 4 is 12.4 Å². The normalized spacial score (nSPS) is 20.1. The van der Waals surface area contributed by atoms with E-state index in [1.54, 1.807) is 0 Å². The maximum Gasteiger partial charge on any atom is 0.0824 e. The molecule has 0 amide bonds. The Labute approximate surface area is 114 Å². The molecular weight excluding hydrogens is 234 g/mol. The lowest BCUT2D eigenvalue weighted by molar-refractivity contribution is 0.179. The Kier molecular flexibility index (Phi) is 10.3. The topological polar surface area (TPSA) is 15.8 Å². The monoisotopic (exact) mass is 263 g/mol. The van der Waals surface area contributed by atoms with Gasteiger partial charge in [-0.25, -0.2) is 0 Å². The highest BCUT2D eigenvalue weighted by Crippen LogP contribution is 2.22. The summed E-state index contributed by atoms with van der Waals surface area (Å²) in [5.74, 6) is 0. The van der Waals surface area contributed by atoms with Crippen LogP contribution in [0.3, 0.4) is 0 Å². The average Bonchev–Trinajstić information content (AvgIpc) is 3.09. The van der Waals surface area contributed by atoms with E-state index in [1.807, 2.05) is 0 Å². The lowest BCUT2D eigenvalue weighted by atomic mass is 10.0. The lowest BCUT2D eigenvalue weighted by Crippen LogP contribution is -2.36. The van der Waals surface area contributed by atoms with Crippen molar-refractivity contribution in [1.29, 1.82) is 0 Å². The Hall–Kier alpha value is 0.210. The Morgan fingerprint density at radius 1 is 1.12 bits per heavy atom. The fraction of sp³-hybridized carbons (Fsp3) is 1.00. The van der Waals surface area contributed by atoms with Gasteiger partial charge in [-0.1, -0.05) is 46.5 Å². The first kappa shape index (κ1) is 17.2. The van der Waals surface area contributed by atoms with Crippen molar-refractivity contribution in [2.45, 2.75) is 71.4 Å². The van der Waals surface area contributed by atoms with Crippen LogP contribution < -0.4 is 0 Å². The molecule has 0 aromatic rings. The second-order valence-electron chi connectivity index (χ2n) is 4.92. The van der Waals surface area contributed by atoms with Gasteiger partial charge >= 0.3 is 0 Å². The number of epoxide rings is 1. The number of hydrogen-bond donors (Lipinski definition) is 0. The molecule has 1 heterocycles. The highest BCUT2D eigenvalue weighted by Gasteiger charge is 2.28. The van der Waals surface area contributed by atoms with E-state index in [0.29, 0.717) is 6.10 Å². The van der Waals surface area contributed by atoms with Crippen molar-refractivity contribution in [1.82, 2.24) is 4.90 Å². The van der Waals surface area contributed by atoms with Crippen LogP contribution in [0.15, 0.2) is 0 Å². The third kappa shape index (κ3) is 7.28. The summed E-state index contributed by atoms with van der Waals surface area (Å²) in [5, 5.41) is 0. The van der Waals surface area contributed by atoms with Crippen molar-refractivity contribution in [2.24, 2.45) is 0 Å². The largest absolute Gasteiger partial charge is 0.373 e. The van der Waals surface area contributed by atoms with Crippen LogP contribution in [-0.2, 0) is 4.74 Å². The van der Waals surface area contributed by atoms with Crippen LogP contribution in [0.1, 0.15) is 59.3 Å². The Morgan fingerprint density at radius 3 is 2.24 bits per heavy atom. The molecule has 0 saturated carbocycles. The first-order valence-electron chi connectivity index (χ1n) is 7.17. The summed E-state index contributed by atoms with van der Waals surface area (Å²) in [4.78, 5) is 2.60. The van der Waals surface area contributed by atoms with E-state index in [1.165, 1.54) is 51.6 Å². The number of halogens is 1. The number of rotatable bonds is 10. The molecule has 0 radical (unpaired) electrons. The Morgan fingerprint density at radius 2 is 1.76 bits per heavy atom. The van der Waals surface area contributed by atoms with Crippen LogP contribution in [0.25, 0.3) is 0 Å². The first-order chi connectivity index (χ1) is 7.81.